The predicted molar refractivity (Wildman–Crippen MR) is 102 cm³/mol. The van der Waals surface area contributed by atoms with Gasteiger partial charge in [0.25, 0.3) is 0 Å². The molecule has 4 nitrogen and oxygen atoms in total. The molecule has 1 N–H and O–H groups in total. The van der Waals surface area contributed by atoms with Crippen LogP contribution in [0.1, 0.15) is 25.3 Å². The number of nitrogens with zero attached hydrogens (tertiary/aromatic N) is 3. The summed E-state index contributed by atoms with van der Waals surface area (Å²) in [6.45, 7) is 3.41. The molecule has 0 unspecified atom stereocenters. The summed E-state index contributed by atoms with van der Waals surface area (Å²) >= 11 is 0. The molecule has 1 atom stereocenters. The van der Waals surface area contributed by atoms with E-state index in [0.717, 1.165) is 23.4 Å². The van der Waals surface area contributed by atoms with Gasteiger partial charge in [-0.15, -0.1) is 0 Å². The van der Waals surface area contributed by atoms with Gasteiger partial charge in [-0.2, -0.15) is 5.26 Å². The maximum atomic E-state index is 8.89. The Morgan fingerprint density at radius 1 is 1.12 bits per heavy atom. The normalized spacial score (nSPS) is 16.8. The molecule has 4 rings (SSSR count). The molecule has 3 aromatic rings. The lowest BCUT2D eigenvalue weighted by Gasteiger charge is -2.25. The second-order valence-corrected chi connectivity index (χ2v) is 6.56. The first-order valence-corrected chi connectivity index (χ1v) is 8.67. The number of nitriles is 1. The van der Waals surface area contributed by atoms with E-state index in [1.165, 1.54) is 23.9 Å². The second-order valence-electron chi connectivity index (χ2n) is 6.56. The molecule has 0 radical (unpaired) electrons. The molecule has 0 aliphatic carbocycles. The largest absolute Gasteiger partial charge is 0.368 e. The Labute approximate surface area is 147 Å². The van der Waals surface area contributed by atoms with E-state index >= 15 is 0 Å². The van der Waals surface area contributed by atoms with Gasteiger partial charge >= 0.3 is 0 Å². The summed E-state index contributed by atoms with van der Waals surface area (Å²) in [6, 6.07) is 18.6. The molecule has 1 aliphatic heterocycles. The van der Waals surface area contributed by atoms with Gasteiger partial charge in [-0.3, -0.25) is 4.98 Å². The maximum Gasteiger partial charge on any atom is 0.0991 e. The zero-order chi connectivity index (χ0) is 17.2. The van der Waals surface area contributed by atoms with Gasteiger partial charge in [-0.25, -0.2) is 0 Å². The lowest BCUT2D eigenvalue weighted by Crippen LogP contribution is -2.26. The van der Waals surface area contributed by atoms with E-state index in [4.69, 9.17) is 5.26 Å². The predicted octanol–water partition coefficient (Wildman–Crippen LogP) is 4.84. The van der Waals surface area contributed by atoms with E-state index in [2.05, 4.69) is 52.5 Å². The smallest absolute Gasteiger partial charge is 0.0991 e. The minimum atomic E-state index is 0.585. The van der Waals surface area contributed by atoms with Crippen molar-refractivity contribution < 1.29 is 0 Å². The number of pyridine rings is 1. The number of anilines is 3. The van der Waals surface area contributed by atoms with Gasteiger partial charge in [-0.1, -0.05) is 0 Å². The van der Waals surface area contributed by atoms with Gasteiger partial charge in [0.1, 0.15) is 0 Å². The first-order chi connectivity index (χ1) is 12.2. The Bertz CT molecular complexity index is 940. The number of fused-ring (bicyclic) bond motifs is 1. The molecule has 1 fully saturated rings. The van der Waals surface area contributed by atoms with Gasteiger partial charge in [0, 0.05) is 41.2 Å². The van der Waals surface area contributed by atoms with Crippen molar-refractivity contribution in [3.63, 3.8) is 0 Å². The fraction of sp³-hybridized carbons (Fsp3) is 0.238. The fourth-order valence-corrected chi connectivity index (χ4v) is 3.55. The zero-order valence-electron chi connectivity index (χ0n) is 14.2. The van der Waals surface area contributed by atoms with Crippen LogP contribution >= 0.6 is 0 Å². The molecule has 1 saturated heterocycles. The highest BCUT2D eigenvalue weighted by atomic mass is 15.2. The molecular weight excluding hydrogens is 308 g/mol. The minimum absolute atomic E-state index is 0.585. The first-order valence-electron chi connectivity index (χ1n) is 8.67. The van der Waals surface area contributed by atoms with E-state index in [1.54, 1.807) is 0 Å². The van der Waals surface area contributed by atoms with Gasteiger partial charge in [0.05, 0.1) is 17.1 Å². The Hall–Kier alpha value is -3.06. The highest BCUT2D eigenvalue weighted by Gasteiger charge is 2.22. The molecule has 1 aliphatic rings. The van der Waals surface area contributed by atoms with Crippen molar-refractivity contribution in [3.05, 3.63) is 60.3 Å². The molecule has 4 heteroatoms. The molecule has 0 saturated carbocycles. The summed E-state index contributed by atoms with van der Waals surface area (Å²) in [7, 11) is 0. The van der Waals surface area contributed by atoms with Crippen LogP contribution in [0.4, 0.5) is 17.1 Å². The van der Waals surface area contributed by atoms with Crippen LogP contribution in [0.5, 0.6) is 0 Å². The van der Waals surface area contributed by atoms with Crippen LogP contribution in [0, 0.1) is 11.3 Å². The van der Waals surface area contributed by atoms with Crippen LogP contribution in [-0.2, 0) is 0 Å². The number of rotatable bonds is 3. The van der Waals surface area contributed by atoms with Crippen molar-refractivity contribution in [1.29, 1.82) is 5.26 Å². The molecule has 1 aromatic heterocycles. The van der Waals surface area contributed by atoms with E-state index in [0.29, 0.717) is 11.6 Å². The van der Waals surface area contributed by atoms with Crippen LogP contribution in [0.25, 0.3) is 10.9 Å². The Morgan fingerprint density at radius 2 is 1.92 bits per heavy atom. The summed E-state index contributed by atoms with van der Waals surface area (Å²) in [5.74, 6) is 0. The van der Waals surface area contributed by atoms with E-state index < -0.39 is 0 Å². The van der Waals surface area contributed by atoms with Crippen LogP contribution in [0.15, 0.2) is 54.7 Å². The Morgan fingerprint density at radius 3 is 2.64 bits per heavy atom. The van der Waals surface area contributed by atoms with Crippen molar-refractivity contribution in [2.75, 3.05) is 16.8 Å². The number of hydrogen-bond donors (Lipinski definition) is 1. The summed E-state index contributed by atoms with van der Waals surface area (Å²) < 4.78 is 0. The fourth-order valence-electron chi connectivity index (χ4n) is 3.55. The Kier molecular flexibility index (Phi) is 3.99. The van der Waals surface area contributed by atoms with Crippen molar-refractivity contribution in [1.82, 2.24) is 4.98 Å². The van der Waals surface area contributed by atoms with Crippen LogP contribution < -0.4 is 10.2 Å². The van der Waals surface area contributed by atoms with Gasteiger partial charge in [0.2, 0.25) is 0 Å². The molecule has 0 bridgehead atoms. The monoisotopic (exact) mass is 328 g/mol. The van der Waals surface area contributed by atoms with Crippen molar-refractivity contribution >= 4 is 28.0 Å². The number of nitrogens with one attached hydrogen (secondary N) is 1. The third kappa shape index (κ3) is 3.01. The quantitative estimate of drug-likeness (QED) is 0.747. The third-order valence-corrected chi connectivity index (χ3v) is 4.88. The first kappa shape index (κ1) is 15.5. The SMILES string of the molecule is C[C@@H]1CCCN1c1ccnc2cc(Nc3ccc(C#N)cc3)ccc12. The molecule has 124 valence electrons. The average Bonchev–Trinajstić information content (AvgIpc) is 3.07. The van der Waals surface area contributed by atoms with E-state index in [-0.39, 0.29) is 0 Å². The van der Waals surface area contributed by atoms with E-state index in [9.17, 15) is 0 Å². The second kappa shape index (κ2) is 6.45. The van der Waals surface area contributed by atoms with Gasteiger partial charge < -0.3 is 10.2 Å². The number of aromatic nitrogens is 1. The lowest BCUT2D eigenvalue weighted by atomic mass is 10.1. The van der Waals surface area contributed by atoms with Crippen LogP contribution in [0.3, 0.4) is 0 Å². The Balaban J connectivity index is 1.65. The highest BCUT2D eigenvalue weighted by Crippen LogP contribution is 2.32. The standard InChI is InChI=1S/C21H20N4/c1-15-3-2-12-25(15)21-10-11-23-20-13-18(8-9-19(20)21)24-17-6-4-16(14-22)5-7-17/h4-11,13,15,24H,2-3,12H2,1H3/t15-/m1/s1. The average molecular weight is 328 g/mol. The van der Waals surface area contributed by atoms with Crippen molar-refractivity contribution in [3.8, 4) is 6.07 Å². The molecular formula is C21H20N4. The van der Waals surface area contributed by atoms with Gasteiger partial charge in [0.15, 0.2) is 0 Å². The summed E-state index contributed by atoms with van der Waals surface area (Å²) in [5, 5.41) is 13.5. The highest BCUT2D eigenvalue weighted by molar-refractivity contribution is 5.94. The van der Waals surface area contributed by atoms with Crippen molar-refractivity contribution in [2.24, 2.45) is 0 Å². The maximum absolute atomic E-state index is 8.89. The lowest BCUT2D eigenvalue weighted by molar-refractivity contribution is 0.736. The van der Waals surface area contributed by atoms with Crippen LogP contribution in [-0.4, -0.2) is 17.6 Å². The zero-order valence-corrected chi connectivity index (χ0v) is 14.2. The molecule has 25 heavy (non-hydrogen) atoms. The molecule has 0 amide bonds. The summed E-state index contributed by atoms with van der Waals surface area (Å²) in [5.41, 5.74) is 4.89. The number of benzene rings is 2. The third-order valence-electron chi connectivity index (χ3n) is 4.88. The molecule has 2 heterocycles. The van der Waals surface area contributed by atoms with Crippen molar-refractivity contribution in [2.45, 2.75) is 25.8 Å². The van der Waals surface area contributed by atoms with Gasteiger partial charge in [-0.05, 0) is 68.3 Å². The molecule has 2 aromatic carbocycles. The topological polar surface area (TPSA) is 52.0 Å². The van der Waals surface area contributed by atoms with Crippen LogP contribution in [0.2, 0.25) is 0 Å². The summed E-state index contributed by atoms with van der Waals surface area (Å²) in [6.07, 6.45) is 4.40. The minimum Gasteiger partial charge on any atom is -0.368 e. The summed E-state index contributed by atoms with van der Waals surface area (Å²) in [4.78, 5) is 7.04. The molecule has 0 spiro atoms. The number of hydrogen-bond acceptors (Lipinski definition) is 4. The van der Waals surface area contributed by atoms with E-state index in [1.807, 2.05) is 30.5 Å².